The van der Waals surface area contributed by atoms with E-state index < -0.39 is 0 Å². The first-order valence-corrected chi connectivity index (χ1v) is 15.2. The highest BCUT2D eigenvalue weighted by molar-refractivity contribution is 4.78. The van der Waals surface area contributed by atoms with E-state index in [9.17, 15) is 0 Å². The van der Waals surface area contributed by atoms with E-state index in [2.05, 4.69) is 27.7 Å². The molecule has 0 N–H and O–H groups in total. The van der Waals surface area contributed by atoms with E-state index in [1.807, 2.05) is 55.4 Å². The van der Waals surface area contributed by atoms with Crippen LogP contribution in [0.15, 0.2) is 0 Å². The molecule has 0 radical (unpaired) electrons. The summed E-state index contributed by atoms with van der Waals surface area (Å²) < 4.78 is 0. The van der Waals surface area contributed by atoms with Crippen molar-refractivity contribution in [1.29, 1.82) is 0 Å². The first-order valence-electron chi connectivity index (χ1n) is 15.2. The first kappa shape index (κ1) is 38.3. The third-order valence-corrected chi connectivity index (χ3v) is 6.27. The van der Waals surface area contributed by atoms with Gasteiger partial charge in [-0.1, -0.05) is 167 Å². The zero-order valence-corrected chi connectivity index (χ0v) is 24.9. The minimum absolute atomic E-state index is 1.03. The molecule has 0 nitrogen and oxygen atoms in total. The van der Waals surface area contributed by atoms with Crippen LogP contribution in [0.4, 0.5) is 0 Å². The highest BCUT2D eigenvalue weighted by Crippen LogP contribution is 2.39. The Labute approximate surface area is 203 Å². The van der Waals surface area contributed by atoms with E-state index in [0.717, 1.165) is 23.7 Å². The van der Waals surface area contributed by atoms with Gasteiger partial charge >= 0.3 is 0 Å². The summed E-state index contributed by atoms with van der Waals surface area (Å²) in [5.41, 5.74) is 0. The minimum atomic E-state index is 1.03. The van der Waals surface area contributed by atoms with Crippen LogP contribution >= 0.6 is 0 Å². The Hall–Kier alpha value is 0. The van der Waals surface area contributed by atoms with Gasteiger partial charge in [0.05, 0.1) is 0 Å². The van der Waals surface area contributed by atoms with Gasteiger partial charge in [0, 0.05) is 0 Å². The van der Waals surface area contributed by atoms with Crippen LogP contribution in [0, 0.1) is 23.7 Å². The van der Waals surface area contributed by atoms with Gasteiger partial charge in [0.1, 0.15) is 0 Å². The second kappa shape index (κ2) is 34.6. The van der Waals surface area contributed by atoms with Gasteiger partial charge in [-0.15, -0.1) is 0 Å². The number of hydrogen-bond acceptors (Lipinski definition) is 0. The quantitative estimate of drug-likeness (QED) is 0.378. The van der Waals surface area contributed by atoms with Crippen molar-refractivity contribution < 1.29 is 0 Å². The molecular weight excluding hydrogens is 372 g/mol. The van der Waals surface area contributed by atoms with Crippen LogP contribution in [0.3, 0.4) is 0 Å². The van der Waals surface area contributed by atoms with E-state index in [-0.39, 0.29) is 0 Å². The van der Waals surface area contributed by atoms with Crippen LogP contribution < -0.4 is 0 Å². The maximum absolute atomic E-state index is 2.43. The molecule has 0 atom stereocenters. The Morgan fingerprint density at radius 2 is 0.645 bits per heavy atom. The van der Waals surface area contributed by atoms with Gasteiger partial charge in [0.25, 0.3) is 0 Å². The molecule has 0 heteroatoms. The van der Waals surface area contributed by atoms with Crippen molar-refractivity contribution in [1.82, 2.24) is 0 Å². The normalized spacial score (nSPS) is 22.8. The van der Waals surface area contributed by atoms with Crippen molar-refractivity contribution in [2.45, 2.75) is 179 Å². The van der Waals surface area contributed by atoms with Gasteiger partial charge < -0.3 is 0 Å². The predicted octanol–water partition coefficient (Wildman–Crippen LogP) is 12.5. The zero-order valence-electron chi connectivity index (χ0n) is 24.9. The average Bonchev–Trinajstić information content (AvgIpc) is 2.87. The highest BCUT2D eigenvalue weighted by Gasteiger charge is 2.26. The van der Waals surface area contributed by atoms with Gasteiger partial charge in [-0.3, -0.25) is 0 Å². The lowest BCUT2D eigenvalue weighted by atomic mass is 9.71. The summed E-state index contributed by atoms with van der Waals surface area (Å²) in [5, 5.41) is 0. The third-order valence-electron chi connectivity index (χ3n) is 6.27. The molecule has 0 aliphatic heterocycles. The van der Waals surface area contributed by atoms with E-state index >= 15 is 0 Å². The Bertz CT molecular complexity index is 237. The third kappa shape index (κ3) is 26.1. The van der Waals surface area contributed by atoms with Crippen molar-refractivity contribution in [2.75, 3.05) is 0 Å². The summed E-state index contributed by atoms with van der Waals surface area (Å²) in [6, 6.07) is 0. The highest BCUT2D eigenvalue weighted by atomic mass is 14.3. The molecule has 194 valence electrons. The fourth-order valence-corrected chi connectivity index (χ4v) is 4.67. The van der Waals surface area contributed by atoms with Crippen LogP contribution in [0.2, 0.25) is 0 Å². The van der Waals surface area contributed by atoms with Crippen LogP contribution in [-0.2, 0) is 0 Å². The first-order chi connectivity index (χ1) is 15.2. The van der Waals surface area contributed by atoms with Crippen molar-refractivity contribution in [2.24, 2.45) is 23.7 Å². The average molecular weight is 443 g/mol. The monoisotopic (exact) mass is 443 g/mol. The van der Waals surface area contributed by atoms with E-state index in [4.69, 9.17) is 0 Å². The van der Waals surface area contributed by atoms with E-state index in [1.54, 1.807) is 25.7 Å². The molecule has 3 saturated carbocycles. The van der Waals surface area contributed by atoms with Crippen LogP contribution in [0.5, 0.6) is 0 Å². The van der Waals surface area contributed by atoms with Gasteiger partial charge in [-0.05, 0) is 36.5 Å². The SMILES string of the molecule is CC.CC.CC.CC.CC1CCC(C2CCCCC2)CC1.CC1CCCCC1.CCC. The van der Waals surface area contributed by atoms with Crippen LogP contribution in [0.25, 0.3) is 0 Å². The minimum Gasteiger partial charge on any atom is -0.0683 e. The fraction of sp³-hybridized carbons (Fsp3) is 1.00. The lowest BCUT2D eigenvalue weighted by molar-refractivity contribution is 0.173. The van der Waals surface area contributed by atoms with Gasteiger partial charge in [-0.2, -0.15) is 0 Å². The molecule has 3 rings (SSSR count). The molecule has 0 saturated heterocycles. The fourth-order valence-electron chi connectivity index (χ4n) is 4.67. The summed E-state index contributed by atoms with van der Waals surface area (Å²) in [7, 11) is 0. The van der Waals surface area contributed by atoms with Crippen molar-refractivity contribution in [3.63, 3.8) is 0 Å². The molecule has 0 aromatic carbocycles. The van der Waals surface area contributed by atoms with Gasteiger partial charge in [0.2, 0.25) is 0 Å². The molecule has 3 aliphatic carbocycles. The molecule has 0 aromatic heterocycles. The summed E-state index contributed by atoms with van der Waals surface area (Å²) >= 11 is 0. The van der Waals surface area contributed by atoms with Crippen LogP contribution in [-0.4, -0.2) is 0 Å². The van der Waals surface area contributed by atoms with Crippen molar-refractivity contribution >= 4 is 0 Å². The number of rotatable bonds is 1. The molecule has 0 spiro atoms. The molecular formula is C31H70. The second-order valence-electron chi connectivity index (χ2n) is 8.87. The summed E-state index contributed by atoms with van der Waals surface area (Å²) in [6.07, 6.45) is 22.5. The molecule has 0 amide bonds. The van der Waals surface area contributed by atoms with E-state index in [1.165, 1.54) is 70.6 Å². The van der Waals surface area contributed by atoms with Crippen molar-refractivity contribution in [3.8, 4) is 0 Å². The molecule has 0 heterocycles. The molecule has 0 bridgehead atoms. The van der Waals surface area contributed by atoms with Crippen LogP contribution in [0.1, 0.15) is 179 Å². The smallest absolute Gasteiger partial charge is 0.0386 e. The Balaban J connectivity index is -0.000000173. The molecule has 0 aromatic rings. The zero-order chi connectivity index (χ0) is 24.9. The molecule has 3 aliphatic rings. The lowest BCUT2D eigenvalue weighted by Gasteiger charge is -2.34. The maximum atomic E-state index is 2.43. The molecule has 3 fully saturated rings. The van der Waals surface area contributed by atoms with E-state index in [0.29, 0.717) is 0 Å². The van der Waals surface area contributed by atoms with Crippen molar-refractivity contribution in [3.05, 3.63) is 0 Å². The standard InChI is InChI=1S/C13H24.C7H14.C3H8.4C2H6/c1-11-7-9-13(10-8-11)12-5-3-2-4-6-12;1-7-5-3-2-4-6-7;1-3-2;4*1-2/h11-13H,2-10H2,1H3;7H,2-6H2,1H3;3H2,1-2H3;4*1-2H3. The lowest BCUT2D eigenvalue weighted by Crippen LogP contribution is -2.22. The Morgan fingerprint density at radius 3 is 0.935 bits per heavy atom. The summed E-state index contributed by atoms with van der Waals surface area (Å²) in [4.78, 5) is 0. The summed E-state index contributed by atoms with van der Waals surface area (Å²) in [6.45, 7) is 25.0. The summed E-state index contributed by atoms with van der Waals surface area (Å²) in [5.74, 6) is 4.31. The Morgan fingerprint density at radius 1 is 0.387 bits per heavy atom. The maximum Gasteiger partial charge on any atom is -0.0386 e. The topological polar surface area (TPSA) is 0 Å². The Kier molecular flexibility index (Phi) is 42.7. The molecule has 0 unspecified atom stereocenters. The van der Waals surface area contributed by atoms with Gasteiger partial charge in [-0.25, -0.2) is 0 Å². The van der Waals surface area contributed by atoms with Gasteiger partial charge in [0.15, 0.2) is 0 Å². The predicted molar refractivity (Wildman–Crippen MR) is 151 cm³/mol. The number of hydrogen-bond donors (Lipinski definition) is 0. The molecule has 31 heavy (non-hydrogen) atoms. The largest absolute Gasteiger partial charge is 0.0683 e. The second-order valence-corrected chi connectivity index (χ2v) is 8.87.